The lowest BCUT2D eigenvalue weighted by atomic mass is 10.3. The Morgan fingerprint density at radius 2 is 2.53 bits per heavy atom. The van der Waals surface area contributed by atoms with Gasteiger partial charge in [0, 0.05) is 23.3 Å². The molecule has 0 spiro atoms. The molecule has 0 aliphatic carbocycles. The zero-order valence-corrected chi connectivity index (χ0v) is 10.2. The van der Waals surface area contributed by atoms with E-state index in [4.69, 9.17) is 0 Å². The van der Waals surface area contributed by atoms with E-state index >= 15 is 0 Å². The Morgan fingerprint density at radius 1 is 1.67 bits per heavy atom. The van der Waals surface area contributed by atoms with Crippen LogP contribution in [0.4, 0.5) is 0 Å². The number of carbonyl (C=O) groups is 1. The molecule has 1 saturated heterocycles. The van der Waals surface area contributed by atoms with Gasteiger partial charge in [-0.2, -0.15) is 0 Å². The first-order valence-electron chi connectivity index (χ1n) is 4.91. The van der Waals surface area contributed by atoms with Crippen molar-refractivity contribution < 1.29 is 4.79 Å². The Bertz CT molecular complexity index is 359. The fourth-order valence-corrected chi connectivity index (χ4v) is 3.17. The van der Waals surface area contributed by atoms with E-state index in [1.807, 2.05) is 40.3 Å². The third-order valence-electron chi connectivity index (χ3n) is 2.35. The van der Waals surface area contributed by atoms with Gasteiger partial charge in [0.05, 0.1) is 5.37 Å². The number of nitrogens with zero attached hydrogens (tertiary/aromatic N) is 1. The molecule has 1 aliphatic heterocycles. The van der Waals surface area contributed by atoms with E-state index in [2.05, 4.69) is 6.92 Å². The fraction of sp³-hybridized carbons (Fsp3) is 0.364. The molecule has 1 fully saturated rings. The Hall–Kier alpha value is -0.740. The fourth-order valence-electron chi connectivity index (χ4n) is 1.52. The molecule has 2 rings (SSSR count). The summed E-state index contributed by atoms with van der Waals surface area (Å²) in [6.45, 7) is 2.95. The van der Waals surface area contributed by atoms with Crippen LogP contribution >= 0.6 is 23.1 Å². The van der Waals surface area contributed by atoms with Gasteiger partial charge in [0.25, 0.3) is 0 Å². The van der Waals surface area contributed by atoms with E-state index in [9.17, 15) is 4.79 Å². The minimum Gasteiger partial charge on any atom is -0.327 e. The van der Waals surface area contributed by atoms with Crippen molar-refractivity contribution >= 4 is 35.1 Å². The molecule has 1 aliphatic rings. The number of rotatable bonds is 2. The Labute approximate surface area is 98.0 Å². The maximum absolute atomic E-state index is 11.8. The highest BCUT2D eigenvalue weighted by Crippen LogP contribution is 2.23. The summed E-state index contributed by atoms with van der Waals surface area (Å²) >= 11 is 3.48. The molecule has 2 heterocycles. The topological polar surface area (TPSA) is 20.3 Å². The maximum Gasteiger partial charge on any atom is 0.247 e. The molecule has 0 radical (unpaired) electrons. The number of thiophene rings is 1. The predicted molar refractivity (Wildman–Crippen MR) is 67.0 cm³/mol. The second-order valence-electron chi connectivity index (χ2n) is 3.35. The van der Waals surface area contributed by atoms with Gasteiger partial charge >= 0.3 is 0 Å². The number of hydrogen-bond acceptors (Lipinski definition) is 3. The van der Waals surface area contributed by atoms with Crippen molar-refractivity contribution in [1.82, 2.24) is 4.90 Å². The van der Waals surface area contributed by atoms with Gasteiger partial charge in [0.15, 0.2) is 0 Å². The highest BCUT2D eigenvalue weighted by molar-refractivity contribution is 8.00. The van der Waals surface area contributed by atoms with E-state index in [1.165, 1.54) is 0 Å². The van der Waals surface area contributed by atoms with Crippen molar-refractivity contribution in [2.75, 3.05) is 12.3 Å². The van der Waals surface area contributed by atoms with E-state index in [0.29, 0.717) is 5.37 Å². The molecule has 1 amide bonds. The predicted octanol–water partition coefficient (Wildman–Crippen LogP) is 2.68. The quantitative estimate of drug-likeness (QED) is 0.740. The number of carbonyl (C=O) groups excluding carboxylic acids is 1. The minimum absolute atomic E-state index is 0.126. The summed E-state index contributed by atoms with van der Waals surface area (Å²) in [6, 6.07) is 4.00. The van der Waals surface area contributed by atoms with Crippen LogP contribution in [-0.2, 0) is 4.79 Å². The van der Waals surface area contributed by atoms with Crippen molar-refractivity contribution in [3.05, 3.63) is 28.5 Å². The van der Waals surface area contributed by atoms with Crippen LogP contribution < -0.4 is 0 Å². The average Bonchev–Trinajstić information content (AvgIpc) is 2.84. The first-order valence-corrected chi connectivity index (χ1v) is 6.84. The molecule has 0 saturated carbocycles. The maximum atomic E-state index is 11.8. The second-order valence-corrected chi connectivity index (χ2v) is 5.75. The number of amides is 1. The molecule has 1 aromatic heterocycles. The molecule has 1 atom stereocenters. The summed E-state index contributed by atoms with van der Waals surface area (Å²) in [6.07, 6.45) is 3.57. The molecule has 0 aromatic carbocycles. The Morgan fingerprint density at radius 3 is 3.13 bits per heavy atom. The van der Waals surface area contributed by atoms with Crippen molar-refractivity contribution in [2.45, 2.75) is 12.3 Å². The third-order valence-corrected chi connectivity index (χ3v) is 4.34. The largest absolute Gasteiger partial charge is 0.327 e. The SMILES string of the molecule is CC1SCCN1C(=O)/C=C/c1cccs1. The number of thioether (sulfide) groups is 1. The van der Waals surface area contributed by atoms with Gasteiger partial charge in [-0.3, -0.25) is 4.79 Å². The Balaban J connectivity index is 1.97. The Kier molecular flexibility index (Phi) is 3.49. The molecule has 0 bridgehead atoms. The summed E-state index contributed by atoms with van der Waals surface area (Å²) in [5.74, 6) is 1.18. The van der Waals surface area contributed by atoms with Gasteiger partial charge in [-0.05, 0) is 24.4 Å². The van der Waals surface area contributed by atoms with Gasteiger partial charge in [0.2, 0.25) is 5.91 Å². The van der Waals surface area contributed by atoms with Crippen LogP contribution in [0.15, 0.2) is 23.6 Å². The standard InChI is InChI=1S/C11H13NOS2/c1-9-12(6-8-14-9)11(13)5-4-10-3-2-7-15-10/h2-5,7,9H,6,8H2,1H3/b5-4+. The first-order chi connectivity index (χ1) is 7.27. The zero-order valence-electron chi connectivity index (χ0n) is 8.55. The van der Waals surface area contributed by atoms with Crippen molar-refractivity contribution in [1.29, 1.82) is 0 Å². The van der Waals surface area contributed by atoms with Crippen molar-refractivity contribution in [3.8, 4) is 0 Å². The molecule has 4 heteroatoms. The van der Waals surface area contributed by atoms with E-state index in [-0.39, 0.29) is 5.91 Å². The van der Waals surface area contributed by atoms with E-state index < -0.39 is 0 Å². The molecule has 1 unspecified atom stereocenters. The lowest BCUT2D eigenvalue weighted by Gasteiger charge is -2.17. The molecular formula is C11H13NOS2. The summed E-state index contributed by atoms with van der Waals surface area (Å²) in [7, 11) is 0. The number of hydrogen-bond donors (Lipinski definition) is 0. The highest BCUT2D eigenvalue weighted by atomic mass is 32.2. The smallest absolute Gasteiger partial charge is 0.247 e. The summed E-state index contributed by atoms with van der Waals surface area (Å²) in [5.41, 5.74) is 0. The van der Waals surface area contributed by atoms with Crippen LogP contribution in [0.3, 0.4) is 0 Å². The second kappa shape index (κ2) is 4.86. The highest BCUT2D eigenvalue weighted by Gasteiger charge is 2.23. The van der Waals surface area contributed by atoms with E-state index in [1.54, 1.807) is 17.4 Å². The van der Waals surface area contributed by atoms with Crippen LogP contribution in [0.1, 0.15) is 11.8 Å². The lowest BCUT2D eigenvalue weighted by Crippen LogP contribution is -2.31. The van der Waals surface area contributed by atoms with Crippen LogP contribution in [0.25, 0.3) is 6.08 Å². The normalized spacial score (nSPS) is 21.4. The van der Waals surface area contributed by atoms with Gasteiger partial charge in [-0.1, -0.05) is 6.07 Å². The molecule has 80 valence electrons. The molecule has 0 N–H and O–H groups in total. The van der Waals surface area contributed by atoms with Gasteiger partial charge in [-0.15, -0.1) is 23.1 Å². The van der Waals surface area contributed by atoms with Gasteiger partial charge in [-0.25, -0.2) is 0 Å². The summed E-state index contributed by atoms with van der Waals surface area (Å²) in [5, 5.41) is 2.34. The summed E-state index contributed by atoms with van der Waals surface area (Å²) in [4.78, 5) is 14.8. The minimum atomic E-state index is 0.126. The molecule has 15 heavy (non-hydrogen) atoms. The van der Waals surface area contributed by atoms with Crippen LogP contribution in [-0.4, -0.2) is 28.5 Å². The monoisotopic (exact) mass is 239 g/mol. The van der Waals surface area contributed by atoms with Crippen molar-refractivity contribution in [2.24, 2.45) is 0 Å². The van der Waals surface area contributed by atoms with Crippen LogP contribution in [0, 0.1) is 0 Å². The first kappa shape index (κ1) is 10.8. The third kappa shape index (κ3) is 2.63. The van der Waals surface area contributed by atoms with Crippen molar-refractivity contribution in [3.63, 3.8) is 0 Å². The zero-order chi connectivity index (χ0) is 10.7. The lowest BCUT2D eigenvalue weighted by molar-refractivity contribution is -0.125. The average molecular weight is 239 g/mol. The van der Waals surface area contributed by atoms with Crippen LogP contribution in [0.2, 0.25) is 0 Å². The molecule has 2 nitrogen and oxygen atoms in total. The summed E-state index contributed by atoms with van der Waals surface area (Å²) < 4.78 is 0. The van der Waals surface area contributed by atoms with Gasteiger partial charge in [0.1, 0.15) is 0 Å². The molecular weight excluding hydrogens is 226 g/mol. The molecule has 1 aromatic rings. The van der Waals surface area contributed by atoms with E-state index in [0.717, 1.165) is 17.2 Å². The van der Waals surface area contributed by atoms with Crippen LogP contribution in [0.5, 0.6) is 0 Å². The van der Waals surface area contributed by atoms with Gasteiger partial charge < -0.3 is 4.90 Å².